The Morgan fingerprint density at radius 2 is 1.87 bits per heavy atom. The molecule has 0 saturated carbocycles. The van der Waals surface area contributed by atoms with Crippen molar-refractivity contribution < 1.29 is 4.79 Å². The van der Waals surface area contributed by atoms with Crippen LogP contribution in [0.3, 0.4) is 0 Å². The van der Waals surface area contributed by atoms with Gasteiger partial charge in [0.15, 0.2) is 0 Å². The molecule has 1 heterocycles. The van der Waals surface area contributed by atoms with Gasteiger partial charge in [0.05, 0.1) is 6.04 Å². The van der Waals surface area contributed by atoms with Crippen LogP contribution in [0.5, 0.6) is 0 Å². The first-order valence-corrected chi connectivity index (χ1v) is 8.05. The van der Waals surface area contributed by atoms with Gasteiger partial charge in [0.25, 0.3) is 0 Å². The van der Waals surface area contributed by atoms with Crippen LogP contribution < -0.4 is 5.32 Å². The third kappa shape index (κ3) is 3.83. The molecule has 3 rings (SSSR count). The molecule has 1 aliphatic carbocycles. The number of nitrogens with zero attached hydrogens (tertiary/aromatic N) is 2. The fraction of sp³-hybridized carbons (Fsp3) is 0.316. The van der Waals surface area contributed by atoms with Crippen LogP contribution in [-0.2, 0) is 4.79 Å². The summed E-state index contributed by atoms with van der Waals surface area (Å²) in [6.07, 6.45) is 12.2. The lowest BCUT2D eigenvalue weighted by Crippen LogP contribution is -2.33. The van der Waals surface area contributed by atoms with Crippen LogP contribution in [-0.4, -0.2) is 15.9 Å². The SMILES string of the molecule is C[C@H](NC(=O)[C@@H]1CC=CCC1)c1ccc(-c2cncnc2)cc1. The zero-order chi connectivity index (χ0) is 16.1. The first-order chi connectivity index (χ1) is 11.2. The van der Waals surface area contributed by atoms with Gasteiger partial charge in [-0.25, -0.2) is 9.97 Å². The van der Waals surface area contributed by atoms with Crippen molar-refractivity contribution >= 4 is 5.91 Å². The van der Waals surface area contributed by atoms with Gasteiger partial charge in [-0.1, -0.05) is 36.4 Å². The number of amides is 1. The van der Waals surface area contributed by atoms with Crippen molar-refractivity contribution in [3.63, 3.8) is 0 Å². The number of carbonyl (C=O) groups is 1. The maximum absolute atomic E-state index is 12.3. The number of hydrogen-bond donors (Lipinski definition) is 1. The van der Waals surface area contributed by atoms with Gasteiger partial charge in [-0.05, 0) is 37.3 Å². The van der Waals surface area contributed by atoms with E-state index in [1.165, 1.54) is 6.33 Å². The number of benzene rings is 1. The van der Waals surface area contributed by atoms with Crippen LogP contribution >= 0.6 is 0 Å². The molecule has 0 spiro atoms. The highest BCUT2D eigenvalue weighted by Gasteiger charge is 2.20. The van der Waals surface area contributed by atoms with Gasteiger partial charge >= 0.3 is 0 Å². The van der Waals surface area contributed by atoms with E-state index in [1.807, 2.05) is 31.2 Å². The molecular formula is C19H21N3O. The molecule has 23 heavy (non-hydrogen) atoms. The smallest absolute Gasteiger partial charge is 0.223 e. The Hall–Kier alpha value is -2.49. The van der Waals surface area contributed by atoms with Crippen molar-refractivity contribution in [2.75, 3.05) is 0 Å². The molecule has 2 aromatic rings. The third-order valence-corrected chi connectivity index (χ3v) is 4.30. The van der Waals surface area contributed by atoms with Gasteiger partial charge in [-0.3, -0.25) is 4.79 Å². The first-order valence-electron chi connectivity index (χ1n) is 8.05. The minimum absolute atomic E-state index is 0.00878. The van der Waals surface area contributed by atoms with E-state index in [9.17, 15) is 4.79 Å². The van der Waals surface area contributed by atoms with Crippen molar-refractivity contribution in [3.8, 4) is 11.1 Å². The zero-order valence-corrected chi connectivity index (χ0v) is 13.3. The summed E-state index contributed by atoms with van der Waals surface area (Å²) in [5.74, 6) is 0.269. The van der Waals surface area contributed by atoms with Crippen LogP contribution in [0.4, 0.5) is 0 Å². The average molecular weight is 307 g/mol. The summed E-state index contributed by atoms with van der Waals surface area (Å²) in [6.45, 7) is 2.03. The summed E-state index contributed by atoms with van der Waals surface area (Å²) < 4.78 is 0. The Morgan fingerprint density at radius 1 is 1.13 bits per heavy atom. The lowest BCUT2D eigenvalue weighted by molar-refractivity contribution is -0.125. The van der Waals surface area contributed by atoms with Crippen molar-refractivity contribution in [1.82, 2.24) is 15.3 Å². The summed E-state index contributed by atoms with van der Waals surface area (Å²) in [4.78, 5) is 20.4. The first kappa shape index (κ1) is 15.4. The molecule has 1 aromatic carbocycles. The lowest BCUT2D eigenvalue weighted by Gasteiger charge is -2.21. The fourth-order valence-electron chi connectivity index (χ4n) is 2.86. The molecule has 0 aliphatic heterocycles. The molecule has 4 heteroatoms. The number of hydrogen-bond acceptors (Lipinski definition) is 3. The maximum Gasteiger partial charge on any atom is 0.223 e. The summed E-state index contributed by atoms with van der Waals surface area (Å²) in [6, 6.07) is 8.19. The normalized spacial score (nSPS) is 18.4. The van der Waals surface area contributed by atoms with Crippen LogP contribution in [0.2, 0.25) is 0 Å². The van der Waals surface area contributed by atoms with E-state index in [0.717, 1.165) is 36.0 Å². The molecule has 0 fully saturated rings. The van der Waals surface area contributed by atoms with E-state index in [2.05, 4.69) is 27.4 Å². The Morgan fingerprint density at radius 3 is 2.52 bits per heavy atom. The zero-order valence-electron chi connectivity index (χ0n) is 13.3. The van der Waals surface area contributed by atoms with E-state index in [4.69, 9.17) is 0 Å². The van der Waals surface area contributed by atoms with Crippen molar-refractivity contribution in [2.24, 2.45) is 5.92 Å². The highest BCUT2D eigenvalue weighted by molar-refractivity contribution is 5.79. The van der Waals surface area contributed by atoms with E-state index in [0.29, 0.717) is 0 Å². The molecule has 4 nitrogen and oxygen atoms in total. The van der Waals surface area contributed by atoms with E-state index in [1.54, 1.807) is 12.4 Å². The standard InChI is InChI=1S/C19H21N3O/c1-14(22-19(23)17-5-3-2-4-6-17)15-7-9-16(10-8-15)18-11-20-13-21-12-18/h2-3,7-14,17H,4-6H2,1H3,(H,22,23)/t14-,17+/m0/s1. The van der Waals surface area contributed by atoms with Crippen molar-refractivity contribution in [1.29, 1.82) is 0 Å². The molecular weight excluding hydrogens is 286 g/mol. The van der Waals surface area contributed by atoms with Crippen molar-refractivity contribution in [3.05, 3.63) is 60.7 Å². The molecule has 118 valence electrons. The second-order valence-electron chi connectivity index (χ2n) is 5.96. The highest BCUT2D eigenvalue weighted by Crippen LogP contribution is 2.22. The quantitative estimate of drug-likeness (QED) is 0.877. The Bertz CT molecular complexity index is 680. The van der Waals surface area contributed by atoms with Gasteiger partial charge in [0.2, 0.25) is 5.91 Å². The molecule has 1 aliphatic rings. The lowest BCUT2D eigenvalue weighted by atomic mass is 9.93. The van der Waals surface area contributed by atoms with Crippen LogP contribution in [0.1, 0.15) is 37.8 Å². The van der Waals surface area contributed by atoms with Crippen LogP contribution in [0.25, 0.3) is 11.1 Å². The largest absolute Gasteiger partial charge is 0.349 e. The minimum Gasteiger partial charge on any atom is -0.349 e. The van der Waals surface area contributed by atoms with Gasteiger partial charge < -0.3 is 5.32 Å². The molecule has 0 radical (unpaired) electrons. The number of aromatic nitrogens is 2. The van der Waals surface area contributed by atoms with Gasteiger partial charge in [-0.2, -0.15) is 0 Å². The second kappa shape index (κ2) is 7.18. The Balaban J connectivity index is 1.64. The topological polar surface area (TPSA) is 54.9 Å². The monoisotopic (exact) mass is 307 g/mol. The molecule has 0 bridgehead atoms. The van der Waals surface area contributed by atoms with Crippen molar-refractivity contribution in [2.45, 2.75) is 32.2 Å². The van der Waals surface area contributed by atoms with Gasteiger partial charge in [-0.15, -0.1) is 0 Å². The van der Waals surface area contributed by atoms with E-state index >= 15 is 0 Å². The van der Waals surface area contributed by atoms with E-state index in [-0.39, 0.29) is 17.9 Å². The number of nitrogens with one attached hydrogen (secondary N) is 1. The number of rotatable bonds is 4. The Kier molecular flexibility index (Phi) is 4.81. The summed E-state index contributed by atoms with van der Waals surface area (Å²) in [5.41, 5.74) is 3.17. The average Bonchev–Trinajstić information content (AvgIpc) is 2.63. The predicted octanol–water partition coefficient (Wildman–Crippen LogP) is 3.68. The number of allylic oxidation sites excluding steroid dienone is 2. The van der Waals surface area contributed by atoms with Crippen LogP contribution in [0, 0.1) is 5.92 Å². The summed E-state index contributed by atoms with van der Waals surface area (Å²) in [7, 11) is 0. The second-order valence-corrected chi connectivity index (χ2v) is 5.96. The summed E-state index contributed by atoms with van der Waals surface area (Å²) >= 11 is 0. The predicted molar refractivity (Wildman–Crippen MR) is 90.5 cm³/mol. The van der Waals surface area contributed by atoms with Crippen LogP contribution in [0.15, 0.2) is 55.1 Å². The van der Waals surface area contributed by atoms with Gasteiger partial charge in [0.1, 0.15) is 6.33 Å². The molecule has 1 amide bonds. The fourth-order valence-corrected chi connectivity index (χ4v) is 2.86. The van der Waals surface area contributed by atoms with Gasteiger partial charge in [0, 0.05) is 23.9 Å². The summed E-state index contributed by atoms with van der Waals surface area (Å²) in [5, 5.41) is 3.13. The van der Waals surface area contributed by atoms with E-state index < -0.39 is 0 Å². The molecule has 2 atom stereocenters. The molecule has 1 aromatic heterocycles. The number of carbonyl (C=O) groups excluding carboxylic acids is 1. The molecule has 0 unspecified atom stereocenters. The molecule has 0 saturated heterocycles. The maximum atomic E-state index is 12.3. The molecule has 1 N–H and O–H groups in total. The Labute approximate surface area is 136 Å². The highest BCUT2D eigenvalue weighted by atomic mass is 16.1. The third-order valence-electron chi connectivity index (χ3n) is 4.30. The minimum atomic E-state index is 0.00878.